The number of allylic oxidation sites excluding steroid dienone is 1. The monoisotopic (exact) mass is 483 g/mol. The fraction of sp³-hybridized carbons (Fsp3) is 0.346. The van der Waals surface area contributed by atoms with Crippen LogP contribution in [-0.2, 0) is 28.6 Å². The van der Waals surface area contributed by atoms with E-state index in [1.807, 2.05) is 55.5 Å². The van der Waals surface area contributed by atoms with E-state index in [0.29, 0.717) is 5.56 Å². The first-order valence-electron chi connectivity index (χ1n) is 11.4. The lowest BCUT2D eigenvalue weighted by Crippen LogP contribution is -2.44. The molecule has 8 heteroatoms. The van der Waals surface area contributed by atoms with E-state index in [1.165, 1.54) is 16.5 Å². The van der Waals surface area contributed by atoms with E-state index in [9.17, 15) is 17.6 Å². The summed E-state index contributed by atoms with van der Waals surface area (Å²) in [6.07, 6.45) is 3.46. The van der Waals surface area contributed by atoms with Crippen LogP contribution in [0.4, 0.5) is 9.18 Å². The summed E-state index contributed by atoms with van der Waals surface area (Å²) in [5.41, 5.74) is 4.00. The van der Waals surface area contributed by atoms with E-state index in [2.05, 4.69) is 10.6 Å². The Morgan fingerprint density at radius 3 is 2.71 bits per heavy atom. The molecule has 1 aliphatic carbocycles. The van der Waals surface area contributed by atoms with Gasteiger partial charge in [-0.15, -0.1) is 0 Å². The van der Waals surface area contributed by atoms with Gasteiger partial charge in [-0.1, -0.05) is 54.6 Å². The highest BCUT2D eigenvalue weighted by Crippen LogP contribution is 2.27. The normalized spacial score (nSPS) is 18.9. The molecule has 2 aliphatic rings. The Balaban J connectivity index is 1.40. The van der Waals surface area contributed by atoms with Crippen molar-refractivity contribution in [2.24, 2.45) is 0 Å². The van der Waals surface area contributed by atoms with Gasteiger partial charge >= 0.3 is 6.03 Å². The van der Waals surface area contributed by atoms with Crippen molar-refractivity contribution in [2.45, 2.75) is 44.1 Å². The quantitative estimate of drug-likeness (QED) is 0.647. The number of urea groups is 1. The Morgan fingerprint density at radius 1 is 1.21 bits per heavy atom. The van der Waals surface area contributed by atoms with Crippen LogP contribution in [0.5, 0.6) is 0 Å². The molecule has 0 saturated carbocycles. The van der Waals surface area contributed by atoms with Gasteiger partial charge in [0.25, 0.3) is 0 Å². The molecule has 2 aromatic carbocycles. The van der Waals surface area contributed by atoms with Crippen LogP contribution in [0.1, 0.15) is 41.6 Å². The van der Waals surface area contributed by atoms with Crippen molar-refractivity contribution in [1.29, 1.82) is 0 Å². The zero-order chi connectivity index (χ0) is 24.3. The van der Waals surface area contributed by atoms with Gasteiger partial charge in [0.2, 0.25) is 0 Å². The summed E-state index contributed by atoms with van der Waals surface area (Å²) in [4.78, 5) is 14.1. The Bertz CT molecular complexity index is 1230. The Hall–Kier alpha value is -2.97. The first-order chi connectivity index (χ1) is 16.2. The predicted molar refractivity (Wildman–Crippen MR) is 131 cm³/mol. The first-order valence-corrected chi connectivity index (χ1v) is 13.1. The van der Waals surface area contributed by atoms with Crippen LogP contribution in [0.2, 0.25) is 0 Å². The summed E-state index contributed by atoms with van der Waals surface area (Å²) in [5.74, 6) is -0.843. The summed E-state index contributed by atoms with van der Waals surface area (Å²) in [6.45, 7) is 3.55. The number of fused-ring (bicyclic) bond motifs is 1. The standard InChI is InChI=1S/C26H30FN3O3S/c1-18(20-6-4-3-5-7-20)30(2)26(31)29-25-11-10-23(15-24(25)27)34(32,33)17-19-8-9-22-16-28-13-12-21(22)14-19/h3-10,14-15,18,25,28H,11-13,16-17H2,1-2H3,(H,29,31). The third kappa shape index (κ3) is 5.39. The molecular weight excluding hydrogens is 453 g/mol. The van der Waals surface area contributed by atoms with E-state index in [0.717, 1.165) is 36.7 Å². The molecule has 0 bridgehead atoms. The fourth-order valence-corrected chi connectivity index (χ4v) is 5.72. The average molecular weight is 484 g/mol. The number of hydrogen-bond donors (Lipinski definition) is 2. The van der Waals surface area contributed by atoms with Crippen molar-refractivity contribution in [3.05, 3.63) is 93.7 Å². The third-order valence-electron chi connectivity index (χ3n) is 6.52. The molecule has 6 nitrogen and oxygen atoms in total. The van der Waals surface area contributed by atoms with Crippen LogP contribution in [0.3, 0.4) is 0 Å². The molecule has 2 aromatic rings. The summed E-state index contributed by atoms with van der Waals surface area (Å²) in [5, 5.41) is 5.97. The highest BCUT2D eigenvalue weighted by Gasteiger charge is 2.28. The molecule has 1 aliphatic heterocycles. The summed E-state index contributed by atoms with van der Waals surface area (Å²) in [7, 11) is -2.06. The van der Waals surface area contributed by atoms with Crippen LogP contribution >= 0.6 is 0 Å². The lowest BCUT2D eigenvalue weighted by atomic mass is 9.99. The minimum absolute atomic E-state index is 0.0408. The molecule has 180 valence electrons. The van der Waals surface area contributed by atoms with Crippen LogP contribution in [-0.4, -0.2) is 39.0 Å². The number of sulfone groups is 1. The second-order valence-electron chi connectivity index (χ2n) is 8.86. The number of carbonyl (C=O) groups is 1. The van der Waals surface area contributed by atoms with E-state index >= 15 is 0 Å². The number of benzene rings is 2. The number of nitrogens with zero attached hydrogens (tertiary/aromatic N) is 1. The van der Waals surface area contributed by atoms with E-state index in [-0.39, 0.29) is 23.1 Å². The average Bonchev–Trinajstić information content (AvgIpc) is 2.84. The molecule has 4 rings (SSSR count). The van der Waals surface area contributed by atoms with Gasteiger partial charge in [-0.3, -0.25) is 0 Å². The Kier molecular flexibility index (Phi) is 7.19. The second-order valence-corrected chi connectivity index (χ2v) is 10.8. The Morgan fingerprint density at radius 2 is 1.97 bits per heavy atom. The minimum atomic E-state index is -3.71. The predicted octanol–water partition coefficient (Wildman–Crippen LogP) is 4.16. The molecular formula is C26H30FN3O3S. The number of nitrogens with one attached hydrogen (secondary N) is 2. The molecule has 0 fully saturated rings. The maximum atomic E-state index is 14.9. The van der Waals surface area contributed by atoms with E-state index in [4.69, 9.17) is 0 Å². The van der Waals surface area contributed by atoms with Crippen LogP contribution in [0.25, 0.3) is 0 Å². The number of hydrogen-bond acceptors (Lipinski definition) is 4. The van der Waals surface area contributed by atoms with Gasteiger partial charge in [-0.25, -0.2) is 17.6 Å². The molecule has 2 amide bonds. The Labute approximate surface area is 200 Å². The highest BCUT2D eigenvalue weighted by atomic mass is 32.2. The molecule has 2 unspecified atom stereocenters. The number of halogens is 1. The van der Waals surface area contributed by atoms with Gasteiger partial charge in [-0.05, 0) is 54.6 Å². The van der Waals surface area contributed by atoms with Gasteiger partial charge < -0.3 is 15.5 Å². The van der Waals surface area contributed by atoms with Crippen molar-refractivity contribution in [2.75, 3.05) is 13.6 Å². The van der Waals surface area contributed by atoms with Gasteiger partial charge in [0.1, 0.15) is 5.83 Å². The minimum Gasteiger partial charge on any atom is -0.328 e. The molecule has 0 spiro atoms. The van der Waals surface area contributed by atoms with Crippen molar-refractivity contribution in [3.63, 3.8) is 0 Å². The molecule has 2 N–H and O–H groups in total. The number of carbonyl (C=O) groups excluding carboxylic acids is 1. The van der Waals surface area contributed by atoms with Gasteiger partial charge in [-0.2, -0.15) is 0 Å². The van der Waals surface area contributed by atoms with Gasteiger partial charge in [0, 0.05) is 13.6 Å². The smallest absolute Gasteiger partial charge is 0.318 e. The summed E-state index contributed by atoms with van der Waals surface area (Å²) in [6, 6.07) is 13.7. The second kappa shape index (κ2) is 10.1. The molecule has 34 heavy (non-hydrogen) atoms. The van der Waals surface area contributed by atoms with Crippen LogP contribution in [0, 0.1) is 0 Å². The van der Waals surface area contributed by atoms with Crippen LogP contribution < -0.4 is 10.6 Å². The first kappa shape index (κ1) is 24.2. The lowest BCUT2D eigenvalue weighted by Gasteiger charge is -2.28. The van der Waals surface area contributed by atoms with Gasteiger partial charge in [0.15, 0.2) is 9.84 Å². The molecule has 0 saturated heterocycles. The number of amides is 2. The maximum Gasteiger partial charge on any atom is 0.318 e. The number of rotatable bonds is 6. The zero-order valence-electron chi connectivity index (χ0n) is 19.4. The summed E-state index contributed by atoms with van der Waals surface area (Å²) < 4.78 is 40.8. The SMILES string of the molecule is CC(c1ccccc1)N(C)C(=O)NC1CC=C(S(=O)(=O)Cc2ccc3c(c2)CCNC3)C=C1F. The van der Waals surface area contributed by atoms with Crippen LogP contribution in [0.15, 0.2) is 71.4 Å². The lowest BCUT2D eigenvalue weighted by molar-refractivity contribution is 0.190. The van der Waals surface area contributed by atoms with Crippen molar-refractivity contribution in [1.82, 2.24) is 15.5 Å². The molecule has 2 atom stereocenters. The molecule has 0 aromatic heterocycles. The fourth-order valence-electron chi connectivity index (χ4n) is 4.29. The maximum absolute atomic E-state index is 14.9. The summed E-state index contributed by atoms with van der Waals surface area (Å²) >= 11 is 0. The molecule has 0 radical (unpaired) electrons. The zero-order valence-corrected chi connectivity index (χ0v) is 20.2. The third-order valence-corrected chi connectivity index (χ3v) is 8.24. The largest absolute Gasteiger partial charge is 0.328 e. The van der Waals surface area contributed by atoms with Crippen molar-refractivity contribution in [3.8, 4) is 0 Å². The van der Waals surface area contributed by atoms with Crippen molar-refractivity contribution < 1.29 is 17.6 Å². The van der Waals surface area contributed by atoms with Crippen molar-refractivity contribution >= 4 is 15.9 Å². The molecule has 1 heterocycles. The topological polar surface area (TPSA) is 78.5 Å². The highest BCUT2D eigenvalue weighted by molar-refractivity contribution is 7.94. The van der Waals surface area contributed by atoms with E-state index < -0.39 is 27.7 Å². The van der Waals surface area contributed by atoms with Gasteiger partial charge in [0.05, 0.1) is 22.7 Å². The van der Waals surface area contributed by atoms with E-state index in [1.54, 1.807) is 7.05 Å².